The van der Waals surface area contributed by atoms with Crippen LogP contribution in [-0.2, 0) is 9.59 Å². The van der Waals surface area contributed by atoms with Crippen LogP contribution in [0.3, 0.4) is 0 Å². The molecule has 3 rings (SSSR count). The molecule has 0 aliphatic carbocycles. The molecular formula is C13H12ClN5O2. The van der Waals surface area contributed by atoms with Crippen molar-refractivity contribution in [2.75, 3.05) is 10.6 Å². The molecule has 21 heavy (non-hydrogen) atoms. The zero-order valence-electron chi connectivity index (χ0n) is 11.1. The number of aromatic nitrogens is 3. The molecule has 2 amide bonds. The summed E-state index contributed by atoms with van der Waals surface area (Å²) in [6.45, 7) is 1.86. The number of halogens is 1. The average Bonchev–Trinajstić information content (AvgIpc) is 2.89. The van der Waals surface area contributed by atoms with Crippen molar-refractivity contribution >= 4 is 35.1 Å². The van der Waals surface area contributed by atoms with Gasteiger partial charge in [0.25, 0.3) is 0 Å². The second-order valence-corrected chi connectivity index (χ2v) is 5.18. The summed E-state index contributed by atoms with van der Waals surface area (Å²) < 4.78 is 1.40. The standard InChI is InChI=1S/C13H12ClN5O2/c1-7-2-3-8(14)4-9(7)17-12(21)10-5-11(20)18-13-15-6-16-19(10)13/h2-4,6,10H,5H2,1H3,(H,17,21)(H,15,16,18,20)/t10-/m0/s1. The number of benzene rings is 1. The Balaban J connectivity index is 1.86. The van der Waals surface area contributed by atoms with E-state index in [1.165, 1.54) is 11.0 Å². The molecule has 0 radical (unpaired) electrons. The van der Waals surface area contributed by atoms with Gasteiger partial charge in [-0.1, -0.05) is 17.7 Å². The van der Waals surface area contributed by atoms with Gasteiger partial charge in [0, 0.05) is 10.7 Å². The van der Waals surface area contributed by atoms with E-state index in [2.05, 4.69) is 20.7 Å². The van der Waals surface area contributed by atoms with E-state index in [4.69, 9.17) is 11.6 Å². The summed E-state index contributed by atoms with van der Waals surface area (Å²) in [5.74, 6) is -0.324. The summed E-state index contributed by atoms with van der Waals surface area (Å²) in [5, 5.41) is 9.84. The second-order valence-electron chi connectivity index (χ2n) is 4.74. The number of hydrogen-bond acceptors (Lipinski definition) is 4. The summed E-state index contributed by atoms with van der Waals surface area (Å²) in [7, 11) is 0. The van der Waals surface area contributed by atoms with Crippen LogP contribution in [0.25, 0.3) is 0 Å². The summed E-state index contributed by atoms with van der Waals surface area (Å²) in [6.07, 6.45) is 1.31. The summed E-state index contributed by atoms with van der Waals surface area (Å²) in [5.41, 5.74) is 1.49. The number of nitrogens with zero attached hydrogens (tertiary/aromatic N) is 3. The van der Waals surface area contributed by atoms with Gasteiger partial charge in [0.15, 0.2) is 0 Å². The van der Waals surface area contributed by atoms with E-state index >= 15 is 0 Å². The molecule has 7 nitrogen and oxygen atoms in total. The lowest BCUT2D eigenvalue weighted by Gasteiger charge is -2.22. The molecule has 1 aliphatic heterocycles. The first kappa shape index (κ1) is 13.6. The van der Waals surface area contributed by atoms with Crippen molar-refractivity contribution in [1.29, 1.82) is 0 Å². The van der Waals surface area contributed by atoms with Gasteiger partial charge in [0.05, 0.1) is 6.42 Å². The monoisotopic (exact) mass is 305 g/mol. The molecule has 1 aliphatic rings. The van der Waals surface area contributed by atoms with Gasteiger partial charge in [-0.25, -0.2) is 4.68 Å². The molecule has 2 N–H and O–H groups in total. The normalized spacial score (nSPS) is 17.0. The summed E-state index contributed by atoms with van der Waals surface area (Å²) in [4.78, 5) is 27.9. The number of amides is 2. The number of carbonyl (C=O) groups excluding carboxylic acids is 2. The Morgan fingerprint density at radius 1 is 1.52 bits per heavy atom. The molecule has 1 aromatic heterocycles. The van der Waals surface area contributed by atoms with Gasteiger partial charge < -0.3 is 5.32 Å². The van der Waals surface area contributed by atoms with Crippen molar-refractivity contribution in [1.82, 2.24) is 14.8 Å². The number of rotatable bonds is 2. The largest absolute Gasteiger partial charge is 0.324 e. The third-order valence-corrected chi connectivity index (χ3v) is 3.49. The lowest BCUT2D eigenvalue weighted by atomic mass is 10.1. The number of nitrogens with one attached hydrogen (secondary N) is 2. The van der Waals surface area contributed by atoms with Crippen LogP contribution >= 0.6 is 11.6 Å². The highest BCUT2D eigenvalue weighted by molar-refractivity contribution is 6.31. The Labute approximate surface area is 125 Å². The van der Waals surface area contributed by atoms with Gasteiger partial charge in [-0.15, -0.1) is 0 Å². The molecule has 2 aromatic rings. The van der Waals surface area contributed by atoms with Crippen molar-refractivity contribution in [2.24, 2.45) is 0 Å². The van der Waals surface area contributed by atoms with E-state index < -0.39 is 6.04 Å². The van der Waals surface area contributed by atoms with Crippen LogP contribution in [0.4, 0.5) is 11.6 Å². The topological polar surface area (TPSA) is 88.9 Å². The highest BCUT2D eigenvalue weighted by Gasteiger charge is 2.32. The molecule has 0 unspecified atom stereocenters. The fraction of sp³-hybridized carbons (Fsp3) is 0.231. The zero-order valence-corrected chi connectivity index (χ0v) is 11.9. The third-order valence-electron chi connectivity index (χ3n) is 3.26. The molecule has 0 bridgehead atoms. The maximum Gasteiger partial charge on any atom is 0.249 e. The molecule has 0 saturated heterocycles. The van der Waals surface area contributed by atoms with Crippen LogP contribution in [-0.4, -0.2) is 26.6 Å². The van der Waals surface area contributed by atoms with Gasteiger partial charge in [-0.2, -0.15) is 10.1 Å². The van der Waals surface area contributed by atoms with E-state index in [1.54, 1.807) is 12.1 Å². The number of anilines is 2. The van der Waals surface area contributed by atoms with Crippen LogP contribution in [0.5, 0.6) is 0 Å². The predicted molar refractivity (Wildman–Crippen MR) is 77.1 cm³/mol. The lowest BCUT2D eigenvalue weighted by Crippen LogP contribution is -2.36. The summed E-state index contributed by atoms with van der Waals surface area (Å²) in [6, 6.07) is 4.50. The fourth-order valence-electron chi connectivity index (χ4n) is 2.15. The van der Waals surface area contributed by atoms with Gasteiger partial charge in [0.1, 0.15) is 12.4 Å². The molecule has 1 aromatic carbocycles. The minimum Gasteiger partial charge on any atom is -0.324 e. The minimum atomic E-state index is -0.727. The molecule has 2 heterocycles. The Morgan fingerprint density at radius 2 is 2.33 bits per heavy atom. The van der Waals surface area contributed by atoms with Crippen molar-refractivity contribution < 1.29 is 9.59 Å². The van der Waals surface area contributed by atoms with Gasteiger partial charge in [0.2, 0.25) is 17.8 Å². The third kappa shape index (κ3) is 2.59. The molecule has 8 heteroatoms. The van der Waals surface area contributed by atoms with Gasteiger partial charge in [-0.05, 0) is 24.6 Å². The molecular weight excluding hydrogens is 294 g/mol. The second kappa shape index (κ2) is 5.17. The average molecular weight is 306 g/mol. The first-order valence-corrected chi connectivity index (χ1v) is 6.69. The molecule has 1 atom stereocenters. The zero-order chi connectivity index (χ0) is 15.0. The SMILES string of the molecule is Cc1ccc(Cl)cc1NC(=O)[C@@H]1CC(=O)Nc2ncnn21. The maximum absolute atomic E-state index is 12.4. The van der Waals surface area contributed by atoms with Crippen molar-refractivity contribution in [3.05, 3.63) is 35.1 Å². The number of hydrogen-bond donors (Lipinski definition) is 2. The van der Waals surface area contributed by atoms with Crippen LogP contribution in [0.15, 0.2) is 24.5 Å². The maximum atomic E-state index is 12.4. The number of fused-ring (bicyclic) bond motifs is 1. The molecule has 108 valence electrons. The van der Waals surface area contributed by atoms with Crippen molar-refractivity contribution in [2.45, 2.75) is 19.4 Å². The summed E-state index contributed by atoms with van der Waals surface area (Å²) >= 11 is 5.93. The van der Waals surface area contributed by atoms with E-state index in [-0.39, 0.29) is 24.2 Å². The Hall–Kier alpha value is -2.41. The van der Waals surface area contributed by atoms with Crippen molar-refractivity contribution in [3.8, 4) is 0 Å². The number of aryl methyl sites for hydroxylation is 1. The van der Waals surface area contributed by atoms with E-state index in [0.29, 0.717) is 10.7 Å². The smallest absolute Gasteiger partial charge is 0.249 e. The van der Waals surface area contributed by atoms with Crippen LogP contribution < -0.4 is 10.6 Å². The fourth-order valence-corrected chi connectivity index (χ4v) is 2.33. The van der Waals surface area contributed by atoms with Crippen LogP contribution in [0.1, 0.15) is 18.0 Å². The molecule has 0 saturated carbocycles. The Bertz CT molecular complexity index is 727. The quantitative estimate of drug-likeness (QED) is 0.885. The van der Waals surface area contributed by atoms with Gasteiger partial charge >= 0.3 is 0 Å². The highest BCUT2D eigenvalue weighted by atomic mass is 35.5. The van der Waals surface area contributed by atoms with E-state index in [0.717, 1.165) is 5.56 Å². The first-order valence-electron chi connectivity index (χ1n) is 6.31. The van der Waals surface area contributed by atoms with Gasteiger partial charge in [-0.3, -0.25) is 14.9 Å². The Kier molecular flexibility index (Phi) is 3.34. The highest BCUT2D eigenvalue weighted by Crippen LogP contribution is 2.25. The van der Waals surface area contributed by atoms with E-state index in [1.807, 2.05) is 13.0 Å². The van der Waals surface area contributed by atoms with Crippen LogP contribution in [0.2, 0.25) is 5.02 Å². The molecule has 0 spiro atoms. The molecule has 0 fully saturated rings. The Morgan fingerprint density at radius 3 is 3.14 bits per heavy atom. The first-order chi connectivity index (χ1) is 10.0. The lowest BCUT2D eigenvalue weighted by molar-refractivity contribution is -0.125. The van der Waals surface area contributed by atoms with Crippen molar-refractivity contribution in [3.63, 3.8) is 0 Å². The van der Waals surface area contributed by atoms with Crippen LogP contribution in [0, 0.1) is 6.92 Å². The predicted octanol–water partition coefficient (Wildman–Crippen LogP) is 1.76. The number of carbonyl (C=O) groups is 2. The van der Waals surface area contributed by atoms with E-state index in [9.17, 15) is 9.59 Å². The minimum absolute atomic E-state index is 0.0157.